The summed E-state index contributed by atoms with van der Waals surface area (Å²) in [5.41, 5.74) is 2.62. The van der Waals surface area contributed by atoms with Gasteiger partial charge in [-0.25, -0.2) is 13.8 Å². The van der Waals surface area contributed by atoms with Gasteiger partial charge in [0.15, 0.2) is 28.8 Å². The highest BCUT2D eigenvalue weighted by atomic mass is 19.1. The van der Waals surface area contributed by atoms with E-state index in [9.17, 15) is 8.78 Å². The molecule has 0 atom stereocenters. The molecule has 0 unspecified atom stereocenters. The molecule has 5 rings (SSSR count). The van der Waals surface area contributed by atoms with Crippen LogP contribution in [0.15, 0.2) is 30.7 Å². The second kappa shape index (κ2) is 8.78. The summed E-state index contributed by atoms with van der Waals surface area (Å²) in [5.74, 6) is -1.72. The molecule has 8 nitrogen and oxygen atoms in total. The first-order valence-corrected chi connectivity index (χ1v) is 10.8. The molecule has 0 radical (unpaired) electrons. The number of benzene rings is 1. The lowest BCUT2D eigenvalue weighted by Crippen LogP contribution is -2.29. The number of H-pyrrole nitrogens is 1. The average Bonchev–Trinajstić information content (AvgIpc) is 3.50. The summed E-state index contributed by atoms with van der Waals surface area (Å²) in [6.45, 7) is 1.96. The van der Waals surface area contributed by atoms with Gasteiger partial charge in [-0.15, -0.1) is 0 Å². The number of ether oxygens (including phenoxy) is 2. The first kappa shape index (κ1) is 21.3. The Balaban J connectivity index is 1.50. The van der Waals surface area contributed by atoms with Crippen LogP contribution in [0, 0.1) is 11.6 Å². The summed E-state index contributed by atoms with van der Waals surface area (Å²) < 4.78 is 41.9. The van der Waals surface area contributed by atoms with Crippen LogP contribution in [0.5, 0.6) is 11.5 Å². The van der Waals surface area contributed by atoms with Crippen molar-refractivity contribution in [2.24, 2.45) is 0 Å². The molecule has 0 amide bonds. The normalized spacial score (nSPS) is 14.7. The molecule has 33 heavy (non-hydrogen) atoms. The molecule has 4 aromatic rings. The Morgan fingerprint density at radius 2 is 1.76 bits per heavy atom. The van der Waals surface area contributed by atoms with E-state index in [2.05, 4.69) is 25.6 Å². The zero-order valence-electron chi connectivity index (χ0n) is 18.4. The van der Waals surface area contributed by atoms with E-state index < -0.39 is 11.6 Å². The lowest BCUT2D eigenvalue weighted by molar-refractivity contribution is 0.343. The minimum atomic E-state index is -0.772. The SMILES string of the molecule is COc1cc(OC)c(F)c(Cc2[nH]nc3ncc(-c4cnn(C5CCNCC5)c4)cc23)c1F. The van der Waals surface area contributed by atoms with Crippen molar-refractivity contribution in [3.05, 3.63) is 53.6 Å². The number of pyridine rings is 1. The van der Waals surface area contributed by atoms with E-state index in [-0.39, 0.29) is 23.5 Å². The second-order valence-corrected chi connectivity index (χ2v) is 8.05. The van der Waals surface area contributed by atoms with Crippen molar-refractivity contribution in [2.75, 3.05) is 27.3 Å². The molecule has 172 valence electrons. The van der Waals surface area contributed by atoms with Gasteiger partial charge < -0.3 is 14.8 Å². The lowest BCUT2D eigenvalue weighted by atomic mass is 10.0. The minimum Gasteiger partial charge on any atom is -0.494 e. The number of nitrogens with one attached hydrogen (secondary N) is 2. The van der Waals surface area contributed by atoms with Crippen LogP contribution in [0.3, 0.4) is 0 Å². The van der Waals surface area contributed by atoms with Gasteiger partial charge in [0.1, 0.15) is 0 Å². The fourth-order valence-corrected chi connectivity index (χ4v) is 4.27. The van der Waals surface area contributed by atoms with Crippen molar-refractivity contribution < 1.29 is 18.3 Å². The maximum absolute atomic E-state index is 14.9. The molecule has 0 saturated carbocycles. The third-order valence-corrected chi connectivity index (χ3v) is 6.12. The molecule has 0 bridgehead atoms. The third kappa shape index (κ3) is 3.91. The number of methoxy groups -OCH3 is 2. The van der Waals surface area contributed by atoms with Crippen LogP contribution in [0.1, 0.15) is 30.1 Å². The van der Waals surface area contributed by atoms with Crippen molar-refractivity contribution in [2.45, 2.75) is 25.3 Å². The van der Waals surface area contributed by atoms with Crippen molar-refractivity contribution in [3.63, 3.8) is 0 Å². The van der Waals surface area contributed by atoms with E-state index in [1.54, 1.807) is 6.20 Å². The van der Waals surface area contributed by atoms with Crippen LogP contribution < -0.4 is 14.8 Å². The Morgan fingerprint density at radius 3 is 2.45 bits per heavy atom. The molecule has 3 aromatic heterocycles. The lowest BCUT2D eigenvalue weighted by Gasteiger charge is -2.22. The molecule has 1 aliphatic rings. The maximum atomic E-state index is 14.9. The summed E-state index contributed by atoms with van der Waals surface area (Å²) in [6, 6.07) is 3.48. The van der Waals surface area contributed by atoms with Crippen LogP contribution >= 0.6 is 0 Å². The summed E-state index contributed by atoms with van der Waals surface area (Å²) in [5, 5.41) is 15.7. The Kier molecular flexibility index (Phi) is 5.67. The maximum Gasteiger partial charge on any atom is 0.181 e. The van der Waals surface area contributed by atoms with E-state index in [0.717, 1.165) is 37.1 Å². The number of halogens is 2. The Morgan fingerprint density at radius 1 is 1.03 bits per heavy atom. The third-order valence-electron chi connectivity index (χ3n) is 6.12. The second-order valence-electron chi connectivity index (χ2n) is 8.05. The van der Waals surface area contributed by atoms with Gasteiger partial charge >= 0.3 is 0 Å². The molecule has 0 spiro atoms. The van der Waals surface area contributed by atoms with Crippen LogP contribution in [0.4, 0.5) is 8.78 Å². The first-order valence-electron chi connectivity index (χ1n) is 10.8. The Hall–Kier alpha value is -3.53. The number of nitrogens with zero attached hydrogens (tertiary/aromatic N) is 4. The molecule has 4 heterocycles. The molecule has 1 saturated heterocycles. The van der Waals surface area contributed by atoms with Crippen LogP contribution in [-0.4, -0.2) is 52.3 Å². The van der Waals surface area contributed by atoms with Gasteiger partial charge in [0.05, 0.1) is 26.5 Å². The average molecular weight is 454 g/mol. The van der Waals surface area contributed by atoms with Gasteiger partial charge in [-0.05, 0) is 32.0 Å². The van der Waals surface area contributed by atoms with E-state index >= 15 is 0 Å². The van der Waals surface area contributed by atoms with Gasteiger partial charge in [0.2, 0.25) is 0 Å². The van der Waals surface area contributed by atoms with E-state index in [1.807, 2.05) is 23.1 Å². The quantitative estimate of drug-likeness (QED) is 0.463. The number of hydrogen-bond donors (Lipinski definition) is 2. The smallest absolute Gasteiger partial charge is 0.181 e. The number of fused-ring (bicyclic) bond motifs is 1. The first-order chi connectivity index (χ1) is 16.1. The summed E-state index contributed by atoms with van der Waals surface area (Å²) in [4.78, 5) is 4.43. The van der Waals surface area contributed by atoms with Gasteiger partial charge in [0, 0.05) is 52.7 Å². The number of hydrogen-bond acceptors (Lipinski definition) is 6. The molecule has 1 aromatic carbocycles. The monoisotopic (exact) mass is 454 g/mol. The van der Waals surface area contributed by atoms with E-state index in [0.29, 0.717) is 22.8 Å². The molecular weight excluding hydrogens is 430 g/mol. The minimum absolute atomic E-state index is 0.0683. The number of aromatic nitrogens is 5. The highest BCUT2D eigenvalue weighted by Crippen LogP contribution is 2.34. The van der Waals surface area contributed by atoms with Crippen LogP contribution in [0.2, 0.25) is 0 Å². The number of rotatable bonds is 6. The van der Waals surface area contributed by atoms with E-state index in [1.165, 1.54) is 20.3 Å². The number of aromatic amines is 1. The van der Waals surface area contributed by atoms with E-state index in [4.69, 9.17) is 9.47 Å². The van der Waals surface area contributed by atoms with Crippen molar-refractivity contribution in [1.82, 2.24) is 30.3 Å². The standard InChI is InChI=1S/C23H24F2N6O2/c1-32-19-9-20(33-2)22(25)17(21(19)24)8-18-16-7-13(10-27-23(16)30-29-18)14-11-28-31(12-14)15-3-5-26-6-4-15/h7,9-12,15,26H,3-6,8H2,1-2H3,(H,27,29,30). The summed E-state index contributed by atoms with van der Waals surface area (Å²) in [6.07, 6.45) is 7.56. The van der Waals surface area contributed by atoms with Gasteiger partial charge in [0.25, 0.3) is 0 Å². The fourth-order valence-electron chi connectivity index (χ4n) is 4.27. The molecule has 0 aliphatic carbocycles. The van der Waals surface area contributed by atoms with Crippen LogP contribution in [0.25, 0.3) is 22.2 Å². The highest BCUT2D eigenvalue weighted by Gasteiger charge is 2.22. The predicted octanol–water partition coefficient (Wildman–Crippen LogP) is 3.63. The van der Waals surface area contributed by atoms with Gasteiger partial charge in [-0.3, -0.25) is 9.78 Å². The largest absolute Gasteiger partial charge is 0.494 e. The van der Waals surface area contributed by atoms with Crippen molar-refractivity contribution in [3.8, 4) is 22.6 Å². The molecule has 2 N–H and O–H groups in total. The van der Waals surface area contributed by atoms with Crippen LogP contribution in [-0.2, 0) is 6.42 Å². The van der Waals surface area contributed by atoms with Crippen molar-refractivity contribution >= 4 is 11.0 Å². The Labute approximate surface area is 188 Å². The van der Waals surface area contributed by atoms with Gasteiger partial charge in [-0.2, -0.15) is 10.2 Å². The zero-order chi connectivity index (χ0) is 22.9. The highest BCUT2D eigenvalue weighted by molar-refractivity contribution is 5.83. The topological polar surface area (TPSA) is 89.9 Å². The molecule has 1 aliphatic heterocycles. The molecule has 10 heteroatoms. The number of piperidine rings is 1. The predicted molar refractivity (Wildman–Crippen MR) is 119 cm³/mol. The molecule has 1 fully saturated rings. The van der Waals surface area contributed by atoms with Gasteiger partial charge in [-0.1, -0.05) is 0 Å². The fraction of sp³-hybridized carbons (Fsp3) is 0.348. The summed E-state index contributed by atoms with van der Waals surface area (Å²) in [7, 11) is 2.65. The molecular formula is C23H24F2N6O2. The Bertz CT molecular complexity index is 1270. The zero-order valence-corrected chi connectivity index (χ0v) is 18.4. The van der Waals surface area contributed by atoms with Crippen molar-refractivity contribution in [1.29, 1.82) is 0 Å². The summed E-state index contributed by atoms with van der Waals surface area (Å²) >= 11 is 0.